The van der Waals surface area contributed by atoms with Gasteiger partial charge in [-0.2, -0.15) is 0 Å². The molecular formula is C15H16ClN3O. The van der Waals surface area contributed by atoms with E-state index in [0.717, 1.165) is 16.9 Å². The molecule has 0 spiro atoms. The van der Waals surface area contributed by atoms with Gasteiger partial charge in [-0.3, -0.25) is 9.78 Å². The van der Waals surface area contributed by atoms with Crippen molar-refractivity contribution < 1.29 is 4.79 Å². The van der Waals surface area contributed by atoms with E-state index in [4.69, 9.17) is 11.6 Å². The Morgan fingerprint density at radius 3 is 2.65 bits per heavy atom. The third kappa shape index (κ3) is 3.08. The molecule has 1 aromatic heterocycles. The fourth-order valence-electron chi connectivity index (χ4n) is 1.82. The molecule has 0 saturated heterocycles. The molecule has 5 heteroatoms. The Bertz CT molecular complexity index is 656. The number of anilines is 2. The molecule has 2 aromatic rings. The van der Waals surface area contributed by atoms with E-state index in [2.05, 4.69) is 15.6 Å². The van der Waals surface area contributed by atoms with Gasteiger partial charge in [0.05, 0.1) is 11.3 Å². The quantitative estimate of drug-likeness (QED) is 0.907. The number of hydrogen-bond donors (Lipinski definition) is 2. The van der Waals surface area contributed by atoms with Gasteiger partial charge in [0.15, 0.2) is 0 Å². The summed E-state index contributed by atoms with van der Waals surface area (Å²) < 4.78 is 0. The van der Waals surface area contributed by atoms with Gasteiger partial charge in [-0.1, -0.05) is 17.7 Å². The number of halogens is 1. The van der Waals surface area contributed by atoms with Crippen LogP contribution in [0.1, 0.15) is 21.6 Å². The van der Waals surface area contributed by atoms with E-state index in [1.54, 1.807) is 19.3 Å². The SMILES string of the molecule is CNc1cc(C)ncc1C(=O)Nc1ccc(C)c(Cl)c1. The summed E-state index contributed by atoms with van der Waals surface area (Å²) in [6, 6.07) is 7.25. The highest BCUT2D eigenvalue weighted by atomic mass is 35.5. The molecule has 2 N–H and O–H groups in total. The van der Waals surface area contributed by atoms with Crippen LogP contribution in [0.3, 0.4) is 0 Å². The minimum absolute atomic E-state index is 0.221. The first-order chi connectivity index (χ1) is 9.51. The Kier molecular flexibility index (Phi) is 4.25. The number of pyridine rings is 1. The number of rotatable bonds is 3. The summed E-state index contributed by atoms with van der Waals surface area (Å²) in [4.78, 5) is 16.4. The first-order valence-corrected chi connectivity index (χ1v) is 6.61. The van der Waals surface area contributed by atoms with Crippen LogP contribution >= 0.6 is 11.6 Å². The van der Waals surface area contributed by atoms with Gasteiger partial charge in [0.25, 0.3) is 5.91 Å². The standard InChI is InChI=1S/C15H16ClN3O/c1-9-4-5-11(7-13(9)16)19-15(20)12-8-18-10(2)6-14(12)17-3/h4-8H,1-3H3,(H,17,18)(H,19,20). The summed E-state index contributed by atoms with van der Waals surface area (Å²) in [7, 11) is 1.77. The summed E-state index contributed by atoms with van der Waals surface area (Å²) >= 11 is 6.05. The molecule has 0 atom stereocenters. The molecule has 0 unspecified atom stereocenters. The lowest BCUT2D eigenvalue weighted by molar-refractivity contribution is 0.102. The Morgan fingerprint density at radius 2 is 2.00 bits per heavy atom. The largest absolute Gasteiger partial charge is 0.387 e. The van der Waals surface area contributed by atoms with Crippen molar-refractivity contribution in [2.75, 3.05) is 17.7 Å². The van der Waals surface area contributed by atoms with E-state index in [9.17, 15) is 4.79 Å². The number of amides is 1. The Balaban J connectivity index is 2.25. The molecule has 0 aliphatic carbocycles. The molecule has 1 aromatic carbocycles. The van der Waals surface area contributed by atoms with Crippen LogP contribution in [0.4, 0.5) is 11.4 Å². The maximum Gasteiger partial charge on any atom is 0.259 e. The van der Waals surface area contributed by atoms with Crippen LogP contribution in [0.5, 0.6) is 0 Å². The number of nitrogens with one attached hydrogen (secondary N) is 2. The lowest BCUT2D eigenvalue weighted by Gasteiger charge is -2.11. The maximum atomic E-state index is 12.3. The van der Waals surface area contributed by atoms with Crippen molar-refractivity contribution in [1.82, 2.24) is 4.98 Å². The number of carbonyl (C=O) groups excluding carboxylic acids is 1. The number of benzene rings is 1. The summed E-state index contributed by atoms with van der Waals surface area (Å²) in [5, 5.41) is 6.44. The second-order valence-corrected chi connectivity index (χ2v) is 4.95. The monoisotopic (exact) mass is 289 g/mol. The van der Waals surface area contributed by atoms with E-state index < -0.39 is 0 Å². The maximum absolute atomic E-state index is 12.3. The van der Waals surface area contributed by atoms with Crippen molar-refractivity contribution in [1.29, 1.82) is 0 Å². The van der Waals surface area contributed by atoms with Crippen LogP contribution in [-0.2, 0) is 0 Å². The minimum atomic E-state index is -0.221. The van der Waals surface area contributed by atoms with Crippen molar-refractivity contribution >= 4 is 28.9 Å². The van der Waals surface area contributed by atoms with Crippen LogP contribution in [-0.4, -0.2) is 17.9 Å². The topological polar surface area (TPSA) is 54.0 Å². The summed E-state index contributed by atoms with van der Waals surface area (Å²) in [5.74, 6) is -0.221. The fourth-order valence-corrected chi connectivity index (χ4v) is 2.00. The zero-order valence-corrected chi connectivity index (χ0v) is 12.4. The molecular weight excluding hydrogens is 274 g/mol. The first-order valence-electron chi connectivity index (χ1n) is 6.23. The molecule has 0 fully saturated rings. The number of aryl methyl sites for hydroxylation is 2. The van der Waals surface area contributed by atoms with Gasteiger partial charge in [-0.25, -0.2) is 0 Å². The Hall–Kier alpha value is -2.07. The predicted octanol–water partition coefficient (Wildman–Crippen LogP) is 3.65. The van der Waals surface area contributed by atoms with Crippen molar-refractivity contribution in [3.8, 4) is 0 Å². The highest BCUT2D eigenvalue weighted by Gasteiger charge is 2.12. The van der Waals surface area contributed by atoms with Gasteiger partial charge in [-0.05, 0) is 37.6 Å². The lowest BCUT2D eigenvalue weighted by atomic mass is 10.2. The van der Waals surface area contributed by atoms with Gasteiger partial charge in [-0.15, -0.1) is 0 Å². The third-order valence-electron chi connectivity index (χ3n) is 2.98. The van der Waals surface area contributed by atoms with Gasteiger partial charge in [0.2, 0.25) is 0 Å². The van der Waals surface area contributed by atoms with E-state index in [1.807, 2.05) is 32.0 Å². The summed E-state index contributed by atoms with van der Waals surface area (Å²) in [6.07, 6.45) is 1.56. The van der Waals surface area contributed by atoms with E-state index in [1.165, 1.54) is 0 Å². The van der Waals surface area contributed by atoms with Gasteiger partial charge < -0.3 is 10.6 Å². The van der Waals surface area contributed by atoms with Crippen molar-refractivity contribution in [3.63, 3.8) is 0 Å². The molecule has 0 bridgehead atoms. The minimum Gasteiger partial charge on any atom is -0.387 e. The Morgan fingerprint density at radius 1 is 1.25 bits per heavy atom. The van der Waals surface area contributed by atoms with Crippen LogP contribution in [0.2, 0.25) is 5.02 Å². The van der Waals surface area contributed by atoms with E-state index in [-0.39, 0.29) is 5.91 Å². The molecule has 0 aliphatic heterocycles. The number of nitrogens with zero attached hydrogens (tertiary/aromatic N) is 1. The highest BCUT2D eigenvalue weighted by Crippen LogP contribution is 2.22. The van der Waals surface area contributed by atoms with Crippen molar-refractivity contribution in [3.05, 3.63) is 52.3 Å². The molecule has 104 valence electrons. The number of carbonyl (C=O) groups is 1. The molecule has 2 rings (SSSR count). The van der Waals surface area contributed by atoms with Gasteiger partial charge in [0.1, 0.15) is 0 Å². The molecule has 0 saturated carbocycles. The smallest absolute Gasteiger partial charge is 0.259 e. The van der Waals surface area contributed by atoms with Crippen LogP contribution in [0, 0.1) is 13.8 Å². The average molecular weight is 290 g/mol. The summed E-state index contributed by atoms with van der Waals surface area (Å²) in [5.41, 5.74) is 3.72. The summed E-state index contributed by atoms with van der Waals surface area (Å²) in [6.45, 7) is 3.79. The van der Waals surface area contributed by atoms with Gasteiger partial charge >= 0.3 is 0 Å². The first kappa shape index (κ1) is 14.3. The molecule has 20 heavy (non-hydrogen) atoms. The average Bonchev–Trinajstić information content (AvgIpc) is 2.42. The van der Waals surface area contributed by atoms with Crippen molar-refractivity contribution in [2.45, 2.75) is 13.8 Å². The molecule has 4 nitrogen and oxygen atoms in total. The molecule has 1 heterocycles. The fraction of sp³-hybridized carbons (Fsp3) is 0.200. The molecule has 0 radical (unpaired) electrons. The third-order valence-corrected chi connectivity index (χ3v) is 3.39. The normalized spacial score (nSPS) is 10.2. The predicted molar refractivity (Wildman–Crippen MR) is 82.7 cm³/mol. The van der Waals surface area contributed by atoms with Crippen LogP contribution < -0.4 is 10.6 Å². The molecule has 0 aliphatic rings. The second kappa shape index (κ2) is 5.92. The second-order valence-electron chi connectivity index (χ2n) is 4.54. The van der Waals surface area contributed by atoms with Crippen LogP contribution in [0.15, 0.2) is 30.5 Å². The number of hydrogen-bond acceptors (Lipinski definition) is 3. The van der Waals surface area contributed by atoms with Gasteiger partial charge in [0, 0.05) is 29.6 Å². The van der Waals surface area contributed by atoms with Crippen LogP contribution in [0.25, 0.3) is 0 Å². The highest BCUT2D eigenvalue weighted by molar-refractivity contribution is 6.31. The lowest BCUT2D eigenvalue weighted by Crippen LogP contribution is -2.14. The van der Waals surface area contributed by atoms with Crippen molar-refractivity contribution in [2.24, 2.45) is 0 Å². The zero-order valence-electron chi connectivity index (χ0n) is 11.6. The molecule has 1 amide bonds. The van der Waals surface area contributed by atoms with E-state index in [0.29, 0.717) is 16.3 Å². The zero-order chi connectivity index (χ0) is 14.7. The van der Waals surface area contributed by atoms with E-state index >= 15 is 0 Å². The Labute approximate surface area is 123 Å². The number of aromatic nitrogens is 1.